The molecule has 0 aliphatic carbocycles. The van der Waals surface area contributed by atoms with Crippen LogP contribution < -0.4 is 4.90 Å². The summed E-state index contributed by atoms with van der Waals surface area (Å²) in [5.41, 5.74) is 6.23. The van der Waals surface area contributed by atoms with E-state index in [-0.39, 0.29) is 5.57 Å². The van der Waals surface area contributed by atoms with Crippen LogP contribution in [0.3, 0.4) is 0 Å². The van der Waals surface area contributed by atoms with Crippen molar-refractivity contribution in [3.8, 4) is 10.6 Å². The van der Waals surface area contributed by atoms with Gasteiger partial charge in [0.2, 0.25) is 5.78 Å². The van der Waals surface area contributed by atoms with Crippen LogP contribution in [0.1, 0.15) is 43.7 Å². The maximum atomic E-state index is 14.1. The van der Waals surface area contributed by atoms with E-state index in [4.69, 9.17) is 4.98 Å². The van der Waals surface area contributed by atoms with Gasteiger partial charge in [-0.25, -0.2) is 9.97 Å². The Kier molecular flexibility index (Phi) is 6.16. The predicted octanol–water partition coefficient (Wildman–Crippen LogP) is 7.44. The number of benzene rings is 3. The Labute approximate surface area is 233 Å². The number of ketones is 1. The monoisotopic (exact) mass is 551 g/mol. The molecule has 2 aromatic heterocycles. The van der Waals surface area contributed by atoms with Crippen molar-refractivity contribution in [2.24, 2.45) is 0 Å². The zero-order valence-electron chi connectivity index (χ0n) is 21.9. The minimum atomic E-state index is -0.825. The molecule has 1 aliphatic heterocycles. The molecule has 0 fully saturated rings. The number of fused-ring (bicyclic) bond motifs is 1. The van der Waals surface area contributed by atoms with E-state index >= 15 is 0 Å². The van der Waals surface area contributed by atoms with E-state index < -0.39 is 23.5 Å². The fourth-order valence-electron chi connectivity index (χ4n) is 4.89. The maximum Gasteiger partial charge on any atom is 0.296 e. The molecule has 6 rings (SSSR count). The highest BCUT2D eigenvalue weighted by Crippen LogP contribution is 2.45. The molecule has 39 heavy (non-hydrogen) atoms. The summed E-state index contributed by atoms with van der Waals surface area (Å²) in [6.45, 7) is 7.80. The highest BCUT2D eigenvalue weighted by Gasteiger charge is 2.46. The number of rotatable bonds is 5. The quantitative estimate of drug-likeness (QED) is 0.230. The van der Waals surface area contributed by atoms with Gasteiger partial charge in [-0.3, -0.25) is 14.5 Å². The molecule has 3 aromatic carbocycles. The van der Waals surface area contributed by atoms with Gasteiger partial charge < -0.3 is 5.11 Å². The number of aliphatic hydroxyl groups is 1. The van der Waals surface area contributed by atoms with Crippen LogP contribution in [0.15, 0.2) is 78.1 Å². The van der Waals surface area contributed by atoms with Crippen LogP contribution in [-0.4, -0.2) is 26.8 Å². The molecular weight excluding hydrogens is 526 g/mol. The molecule has 1 unspecified atom stereocenters. The number of carbonyl (C=O) groups excluding carboxylic acids is 2. The summed E-state index contributed by atoms with van der Waals surface area (Å²) in [5, 5.41) is 12.4. The lowest BCUT2D eigenvalue weighted by Crippen LogP contribution is -2.31. The summed E-state index contributed by atoms with van der Waals surface area (Å²) in [7, 11) is 0. The second-order valence-electron chi connectivity index (χ2n) is 9.78. The zero-order chi connectivity index (χ0) is 27.4. The summed E-state index contributed by atoms with van der Waals surface area (Å²) < 4.78 is 0.939. The zero-order valence-corrected chi connectivity index (χ0v) is 23.5. The first-order valence-corrected chi connectivity index (χ1v) is 14.1. The molecule has 0 saturated heterocycles. The number of anilines is 1. The van der Waals surface area contributed by atoms with Gasteiger partial charge in [-0.2, -0.15) is 0 Å². The molecule has 3 heterocycles. The van der Waals surface area contributed by atoms with Crippen LogP contribution in [0.2, 0.25) is 0 Å². The number of amides is 1. The van der Waals surface area contributed by atoms with Crippen molar-refractivity contribution >= 4 is 49.7 Å². The van der Waals surface area contributed by atoms with Crippen molar-refractivity contribution in [2.75, 3.05) is 4.90 Å². The number of hydrogen-bond acceptors (Lipinski definition) is 7. The molecule has 6 nitrogen and oxygen atoms in total. The Morgan fingerprint density at radius 3 is 2.38 bits per heavy atom. The van der Waals surface area contributed by atoms with Gasteiger partial charge in [0, 0.05) is 5.56 Å². The van der Waals surface area contributed by atoms with Gasteiger partial charge in [0.05, 0.1) is 32.4 Å². The summed E-state index contributed by atoms with van der Waals surface area (Å²) >= 11 is 2.64. The first-order valence-electron chi connectivity index (χ1n) is 12.5. The SMILES string of the molecule is Cc1cccc(C2C(C(=O)c3sc(-c4ccccc4)nc3C)=C(O)C(=O)N2c2nc3cc(C)c(C)cc3s2)c1. The molecule has 1 aliphatic rings. The molecule has 1 amide bonds. The molecule has 1 atom stereocenters. The minimum Gasteiger partial charge on any atom is -0.503 e. The van der Waals surface area contributed by atoms with Crippen molar-refractivity contribution in [2.45, 2.75) is 33.7 Å². The number of hydrogen-bond donors (Lipinski definition) is 1. The second kappa shape index (κ2) is 9.55. The van der Waals surface area contributed by atoms with Crippen molar-refractivity contribution in [3.63, 3.8) is 0 Å². The molecule has 0 spiro atoms. The van der Waals surface area contributed by atoms with Crippen LogP contribution >= 0.6 is 22.7 Å². The van der Waals surface area contributed by atoms with E-state index in [1.807, 2.05) is 81.4 Å². The Bertz CT molecular complexity index is 1780. The minimum absolute atomic E-state index is 0.0450. The summed E-state index contributed by atoms with van der Waals surface area (Å²) in [4.78, 5) is 39.1. The Morgan fingerprint density at radius 1 is 0.897 bits per heavy atom. The third kappa shape index (κ3) is 4.26. The fourth-order valence-corrected chi connectivity index (χ4v) is 6.99. The van der Waals surface area contributed by atoms with E-state index in [0.29, 0.717) is 20.7 Å². The van der Waals surface area contributed by atoms with Crippen molar-refractivity contribution in [1.82, 2.24) is 9.97 Å². The van der Waals surface area contributed by atoms with Crippen LogP contribution in [0.5, 0.6) is 0 Å². The number of aliphatic hydroxyl groups excluding tert-OH is 1. The molecule has 0 saturated carbocycles. The summed E-state index contributed by atoms with van der Waals surface area (Å²) in [5.74, 6) is -1.59. The maximum absolute atomic E-state index is 14.1. The van der Waals surface area contributed by atoms with E-state index in [1.54, 1.807) is 6.92 Å². The topological polar surface area (TPSA) is 83.4 Å². The van der Waals surface area contributed by atoms with Crippen molar-refractivity contribution in [1.29, 1.82) is 0 Å². The Morgan fingerprint density at radius 2 is 1.64 bits per heavy atom. The van der Waals surface area contributed by atoms with Gasteiger partial charge >= 0.3 is 0 Å². The normalized spacial score (nSPS) is 15.5. The second-order valence-corrected chi connectivity index (χ2v) is 11.8. The fraction of sp³-hybridized carbons (Fsp3) is 0.161. The molecule has 194 valence electrons. The smallest absolute Gasteiger partial charge is 0.296 e. The van der Waals surface area contributed by atoms with Crippen LogP contribution in [0, 0.1) is 27.7 Å². The number of thiazole rings is 2. The first-order chi connectivity index (χ1) is 18.7. The summed E-state index contributed by atoms with van der Waals surface area (Å²) in [6, 6.07) is 20.5. The number of nitrogens with zero attached hydrogens (tertiary/aromatic N) is 3. The van der Waals surface area contributed by atoms with Crippen LogP contribution in [-0.2, 0) is 4.79 Å². The van der Waals surface area contributed by atoms with Gasteiger partial charge in [-0.1, -0.05) is 71.5 Å². The van der Waals surface area contributed by atoms with Crippen molar-refractivity contribution in [3.05, 3.63) is 111 Å². The molecule has 1 N–H and O–H groups in total. The van der Waals surface area contributed by atoms with Crippen LogP contribution in [0.4, 0.5) is 5.13 Å². The van der Waals surface area contributed by atoms with Gasteiger partial charge in [-0.15, -0.1) is 11.3 Å². The van der Waals surface area contributed by atoms with Crippen molar-refractivity contribution < 1.29 is 14.7 Å². The van der Waals surface area contributed by atoms with Gasteiger partial charge in [0.25, 0.3) is 5.91 Å². The van der Waals surface area contributed by atoms with E-state index in [0.717, 1.165) is 38.0 Å². The predicted molar refractivity (Wildman–Crippen MR) is 157 cm³/mol. The number of carbonyl (C=O) groups is 2. The largest absolute Gasteiger partial charge is 0.503 e. The van der Waals surface area contributed by atoms with Gasteiger partial charge in [0.15, 0.2) is 10.9 Å². The average Bonchev–Trinajstić information content (AvgIpc) is 3.58. The van der Waals surface area contributed by atoms with E-state index in [2.05, 4.69) is 11.1 Å². The van der Waals surface area contributed by atoms with E-state index in [9.17, 15) is 14.7 Å². The average molecular weight is 552 g/mol. The molecule has 8 heteroatoms. The Hall–Kier alpha value is -4.14. The third-order valence-electron chi connectivity index (χ3n) is 7.03. The van der Waals surface area contributed by atoms with E-state index in [1.165, 1.54) is 27.6 Å². The molecule has 0 radical (unpaired) electrons. The first kappa shape index (κ1) is 25.2. The highest BCUT2D eigenvalue weighted by molar-refractivity contribution is 7.22. The van der Waals surface area contributed by atoms with Crippen LogP contribution in [0.25, 0.3) is 20.8 Å². The number of Topliss-reactive ketones (excluding diaryl/α,β-unsaturated/α-hetero) is 1. The Balaban J connectivity index is 1.49. The number of aryl methyl sites for hydroxylation is 4. The van der Waals surface area contributed by atoms with Gasteiger partial charge in [0.1, 0.15) is 5.01 Å². The highest BCUT2D eigenvalue weighted by atomic mass is 32.1. The summed E-state index contributed by atoms with van der Waals surface area (Å²) in [6.07, 6.45) is 0. The lowest BCUT2D eigenvalue weighted by Gasteiger charge is -2.24. The molecule has 0 bridgehead atoms. The lowest BCUT2D eigenvalue weighted by atomic mass is 9.94. The number of aromatic nitrogens is 2. The molecular formula is C31H25N3O3S2. The molecule has 5 aromatic rings. The van der Waals surface area contributed by atoms with Gasteiger partial charge in [-0.05, 0) is 56.5 Å². The standard InChI is InChI=1S/C31H25N3O3S2/c1-16-9-8-12-21(13-16)25-24(26(35)28-19(4)32-29(39-28)20-10-6-5-7-11-20)27(36)30(37)34(25)31-33-22-14-17(2)18(3)15-23(22)38-31/h5-15,25,36H,1-4H3. The third-order valence-corrected chi connectivity index (χ3v) is 9.26. The lowest BCUT2D eigenvalue weighted by molar-refractivity contribution is -0.117.